The summed E-state index contributed by atoms with van der Waals surface area (Å²) >= 11 is 0. The second kappa shape index (κ2) is 6.93. The molecule has 0 atom stereocenters. The largest absolute Gasteiger partial charge is 0.325 e. The number of rotatable bonds is 5. The lowest BCUT2D eigenvalue weighted by Gasteiger charge is -2.16. The zero-order valence-electron chi connectivity index (χ0n) is 13.6. The minimum Gasteiger partial charge on any atom is -0.325 e. The fourth-order valence-electron chi connectivity index (χ4n) is 2.93. The van der Waals surface area contributed by atoms with Crippen molar-refractivity contribution in [2.45, 2.75) is 30.6 Å². The summed E-state index contributed by atoms with van der Waals surface area (Å²) in [5.74, 6) is -1.21. The quantitative estimate of drug-likeness (QED) is 0.768. The van der Waals surface area contributed by atoms with Crippen molar-refractivity contribution in [3.05, 3.63) is 24.3 Å². The average Bonchev–Trinajstić information content (AvgIpc) is 3.22. The maximum absolute atomic E-state index is 12.4. The standard InChI is InChI=1S/C16H19N3O5S/c20-14(11-19-15(21)7-8-16(19)22)17-12-3-5-13(6-4-12)25(23,24)18-9-1-2-10-18/h3-6H,1-2,7-11H2,(H,17,20). The second-order valence-electron chi connectivity index (χ2n) is 6.06. The van der Waals surface area contributed by atoms with Crippen molar-refractivity contribution in [3.63, 3.8) is 0 Å². The fourth-order valence-corrected chi connectivity index (χ4v) is 4.45. The van der Waals surface area contributed by atoms with Crippen molar-refractivity contribution >= 4 is 33.4 Å². The van der Waals surface area contributed by atoms with Gasteiger partial charge in [-0.25, -0.2) is 8.42 Å². The number of nitrogens with zero attached hydrogens (tertiary/aromatic N) is 2. The van der Waals surface area contributed by atoms with Crippen molar-refractivity contribution in [2.24, 2.45) is 0 Å². The van der Waals surface area contributed by atoms with Crippen LogP contribution in [0.1, 0.15) is 25.7 Å². The van der Waals surface area contributed by atoms with Gasteiger partial charge in [-0.1, -0.05) is 0 Å². The Morgan fingerprint density at radius 2 is 1.56 bits per heavy atom. The number of carbonyl (C=O) groups excluding carboxylic acids is 3. The number of benzene rings is 1. The van der Waals surface area contributed by atoms with E-state index in [4.69, 9.17) is 0 Å². The van der Waals surface area contributed by atoms with Crippen molar-refractivity contribution < 1.29 is 22.8 Å². The smallest absolute Gasteiger partial charge is 0.244 e. The second-order valence-corrected chi connectivity index (χ2v) is 8.00. The van der Waals surface area contributed by atoms with E-state index in [0.29, 0.717) is 18.8 Å². The van der Waals surface area contributed by atoms with Crippen molar-refractivity contribution in [2.75, 3.05) is 25.0 Å². The highest BCUT2D eigenvalue weighted by Gasteiger charge is 2.30. The Morgan fingerprint density at radius 3 is 2.12 bits per heavy atom. The van der Waals surface area contributed by atoms with Crippen LogP contribution >= 0.6 is 0 Å². The highest BCUT2D eigenvalue weighted by molar-refractivity contribution is 7.89. The Labute approximate surface area is 145 Å². The molecule has 0 radical (unpaired) electrons. The van der Waals surface area contributed by atoms with Crippen LogP contribution in [0.25, 0.3) is 0 Å². The van der Waals surface area contributed by atoms with E-state index in [-0.39, 0.29) is 36.1 Å². The lowest BCUT2D eigenvalue weighted by molar-refractivity contribution is -0.141. The summed E-state index contributed by atoms with van der Waals surface area (Å²) < 4.78 is 26.3. The van der Waals surface area contributed by atoms with Crippen LogP contribution in [0.15, 0.2) is 29.2 Å². The molecule has 25 heavy (non-hydrogen) atoms. The molecule has 1 aromatic rings. The van der Waals surface area contributed by atoms with Gasteiger partial charge in [0.25, 0.3) is 0 Å². The van der Waals surface area contributed by atoms with E-state index in [9.17, 15) is 22.8 Å². The summed E-state index contributed by atoms with van der Waals surface area (Å²) in [6, 6.07) is 5.87. The van der Waals surface area contributed by atoms with Crippen LogP contribution in [-0.4, -0.2) is 55.0 Å². The van der Waals surface area contributed by atoms with E-state index in [0.717, 1.165) is 17.7 Å². The van der Waals surface area contributed by atoms with Crippen LogP contribution in [0, 0.1) is 0 Å². The maximum atomic E-state index is 12.4. The maximum Gasteiger partial charge on any atom is 0.244 e. The lowest BCUT2D eigenvalue weighted by atomic mass is 10.3. The Morgan fingerprint density at radius 1 is 1.00 bits per heavy atom. The van der Waals surface area contributed by atoms with Gasteiger partial charge in [0, 0.05) is 31.6 Å². The first-order valence-electron chi connectivity index (χ1n) is 8.11. The Kier molecular flexibility index (Phi) is 4.87. The molecule has 0 spiro atoms. The molecule has 134 valence electrons. The van der Waals surface area contributed by atoms with Gasteiger partial charge in [-0.3, -0.25) is 19.3 Å². The van der Waals surface area contributed by atoms with Gasteiger partial charge >= 0.3 is 0 Å². The van der Waals surface area contributed by atoms with Gasteiger partial charge in [0.05, 0.1) is 4.90 Å². The molecular weight excluding hydrogens is 346 g/mol. The normalized spacial score (nSPS) is 18.8. The minimum atomic E-state index is -3.49. The predicted octanol–water partition coefficient (Wildman–Crippen LogP) is 0.559. The summed E-state index contributed by atoms with van der Waals surface area (Å²) in [7, 11) is -3.49. The first-order chi connectivity index (χ1) is 11.9. The third-order valence-electron chi connectivity index (χ3n) is 4.30. The molecule has 0 aliphatic carbocycles. The molecule has 0 bridgehead atoms. The van der Waals surface area contributed by atoms with E-state index in [1.165, 1.54) is 28.6 Å². The Balaban J connectivity index is 1.63. The molecule has 2 aliphatic heterocycles. The molecule has 1 aromatic carbocycles. The van der Waals surface area contributed by atoms with Crippen molar-refractivity contribution in [1.29, 1.82) is 0 Å². The van der Waals surface area contributed by atoms with Crippen LogP contribution in [0.2, 0.25) is 0 Å². The third kappa shape index (κ3) is 3.72. The number of likely N-dealkylation sites (tertiary alicyclic amines) is 1. The molecule has 2 heterocycles. The van der Waals surface area contributed by atoms with Gasteiger partial charge in [-0.15, -0.1) is 0 Å². The van der Waals surface area contributed by atoms with E-state index >= 15 is 0 Å². The third-order valence-corrected chi connectivity index (χ3v) is 6.21. The average molecular weight is 365 g/mol. The van der Waals surface area contributed by atoms with E-state index < -0.39 is 15.9 Å². The Hall–Kier alpha value is -2.26. The first kappa shape index (κ1) is 17.6. The number of amides is 3. The summed E-state index contributed by atoms with van der Waals surface area (Å²) in [5.41, 5.74) is 0.407. The molecule has 0 saturated carbocycles. The number of hydrogen-bond acceptors (Lipinski definition) is 5. The number of carbonyl (C=O) groups is 3. The van der Waals surface area contributed by atoms with Crippen molar-refractivity contribution in [3.8, 4) is 0 Å². The fraction of sp³-hybridized carbons (Fsp3) is 0.438. The van der Waals surface area contributed by atoms with Crippen LogP contribution in [0.4, 0.5) is 5.69 Å². The minimum absolute atomic E-state index is 0.134. The predicted molar refractivity (Wildman–Crippen MR) is 89.0 cm³/mol. The topological polar surface area (TPSA) is 104 Å². The van der Waals surface area contributed by atoms with Crippen molar-refractivity contribution in [1.82, 2.24) is 9.21 Å². The monoisotopic (exact) mass is 365 g/mol. The van der Waals surface area contributed by atoms with Crippen LogP contribution in [-0.2, 0) is 24.4 Å². The van der Waals surface area contributed by atoms with Crippen LogP contribution in [0.3, 0.4) is 0 Å². The molecule has 1 N–H and O–H groups in total. The molecule has 0 aromatic heterocycles. The van der Waals surface area contributed by atoms with Gasteiger partial charge in [0.1, 0.15) is 6.54 Å². The number of anilines is 1. The van der Waals surface area contributed by atoms with Gasteiger partial charge < -0.3 is 5.32 Å². The first-order valence-corrected chi connectivity index (χ1v) is 9.55. The Bertz CT molecular complexity index is 782. The summed E-state index contributed by atoms with van der Waals surface area (Å²) in [5, 5.41) is 2.56. The molecule has 2 aliphatic rings. The summed E-state index contributed by atoms with van der Waals surface area (Å²) in [6.07, 6.45) is 1.99. The van der Waals surface area contributed by atoms with E-state index in [2.05, 4.69) is 5.32 Å². The molecule has 8 nitrogen and oxygen atoms in total. The zero-order valence-corrected chi connectivity index (χ0v) is 14.4. The van der Waals surface area contributed by atoms with Gasteiger partial charge in [0.2, 0.25) is 27.7 Å². The molecule has 2 saturated heterocycles. The number of hydrogen-bond donors (Lipinski definition) is 1. The van der Waals surface area contributed by atoms with Gasteiger partial charge in [-0.2, -0.15) is 4.31 Å². The lowest BCUT2D eigenvalue weighted by Crippen LogP contribution is -2.36. The highest BCUT2D eigenvalue weighted by Crippen LogP contribution is 2.22. The molecule has 2 fully saturated rings. The van der Waals surface area contributed by atoms with E-state index in [1.807, 2.05) is 0 Å². The number of imide groups is 1. The summed E-state index contributed by atoms with van der Waals surface area (Å²) in [6.45, 7) is 0.725. The molecule has 9 heteroatoms. The van der Waals surface area contributed by atoms with Gasteiger partial charge in [-0.05, 0) is 37.1 Å². The molecular formula is C16H19N3O5S. The molecule has 3 rings (SSSR count). The number of nitrogens with one attached hydrogen (secondary N) is 1. The van der Waals surface area contributed by atoms with Gasteiger partial charge in [0.15, 0.2) is 0 Å². The molecule has 3 amide bonds. The summed E-state index contributed by atoms with van der Waals surface area (Å²) in [4.78, 5) is 36.1. The number of sulfonamides is 1. The van der Waals surface area contributed by atoms with Crippen LogP contribution < -0.4 is 5.32 Å². The zero-order chi connectivity index (χ0) is 18.0. The molecule has 0 unspecified atom stereocenters. The van der Waals surface area contributed by atoms with E-state index in [1.54, 1.807) is 0 Å². The van der Waals surface area contributed by atoms with Crippen LogP contribution in [0.5, 0.6) is 0 Å². The highest BCUT2D eigenvalue weighted by atomic mass is 32.2. The SMILES string of the molecule is O=C(CN1C(=O)CCC1=O)Nc1ccc(S(=O)(=O)N2CCCC2)cc1.